The normalized spacial score (nSPS) is 11.2. The molecule has 0 aliphatic heterocycles. The van der Waals surface area contributed by atoms with E-state index in [9.17, 15) is 0 Å². The smallest absolute Gasteiger partial charge is 0.0514 e. The molecule has 92 valence electrons. The summed E-state index contributed by atoms with van der Waals surface area (Å²) in [6.45, 7) is 1.20. The molecular formula is C13H15Cl2NO. The molecule has 4 heteroatoms. The zero-order valence-electron chi connectivity index (χ0n) is 9.50. The largest absolute Gasteiger partial charge is 0.396 e. The van der Waals surface area contributed by atoms with Gasteiger partial charge in [0.2, 0.25) is 0 Å². The average Bonchev–Trinajstić information content (AvgIpc) is 2.68. The van der Waals surface area contributed by atoms with E-state index in [0.29, 0.717) is 10.0 Å². The Morgan fingerprint density at radius 2 is 1.94 bits per heavy atom. The van der Waals surface area contributed by atoms with E-state index < -0.39 is 0 Å². The molecular weight excluding hydrogens is 257 g/mol. The summed E-state index contributed by atoms with van der Waals surface area (Å²) in [6.07, 6.45) is 4.98. The van der Waals surface area contributed by atoms with E-state index in [-0.39, 0.29) is 6.61 Å². The van der Waals surface area contributed by atoms with Gasteiger partial charge in [-0.05, 0) is 37.5 Å². The van der Waals surface area contributed by atoms with Crippen molar-refractivity contribution < 1.29 is 5.11 Å². The monoisotopic (exact) mass is 271 g/mol. The summed E-state index contributed by atoms with van der Waals surface area (Å²) in [4.78, 5) is 0. The fourth-order valence-electron chi connectivity index (χ4n) is 1.98. The zero-order valence-corrected chi connectivity index (χ0v) is 11.0. The summed E-state index contributed by atoms with van der Waals surface area (Å²) in [7, 11) is 0. The van der Waals surface area contributed by atoms with E-state index in [2.05, 4.69) is 4.57 Å². The third-order valence-corrected chi connectivity index (χ3v) is 3.39. The molecule has 1 aromatic carbocycles. The number of unbranched alkanes of at least 4 members (excludes halogenated alkanes) is 2. The van der Waals surface area contributed by atoms with E-state index >= 15 is 0 Å². The fourth-order valence-corrected chi connectivity index (χ4v) is 2.53. The Hall–Kier alpha value is -0.700. The second-order valence-electron chi connectivity index (χ2n) is 4.11. The first-order valence-corrected chi connectivity index (χ1v) is 6.52. The Balaban J connectivity index is 2.18. The van der Waals surface area contributed by atoms with E-state index in [1.807, 2.05) is 18.3 Å². The van der Waals surface area contributed by atoms with Crippen LogP contribution in [0.3, 0.4) is 0 Å². The maximum absolute atomic E-state index is 8.73. The SMILES string of the molecule is OCCCCCn1ccc2c(Cl)cc(Cl)cc21. The molecule has 0 unspecified atom stereocenters. The number of halogens is 2. The number of aliphatic hydroxyl groups is 1. The van der Waals surface area contributed by atoms with Gasteiger partial charge in [-0.3, -0.25) is 0 Å². The van der Waals surface area contributed by atoms with Gasteiger partial charge >= 0.3 is 0 Å². The lowest BCUT2D eigenvalue weighted by Crippen LogP contribution is -1.96. The summed E-state index contributed by atoms with van der Waals surface area (Å²) in [5, 5.41) is 11.1. The van der Waals surface area contributed by atoms with Crippen molar-refractivity contribution in [2.75, 3.05) is 6.61 Å². The van der Waals surface area contributed by atoms with Crippen LogP contribution in [0.1, 0.15) is 19.3 Å². The van der Waals surface area contributed by atoms with Crippen LogP contribution in [0.5, 0.6) is 0 Å². The van der Waals surface area contributed by atoms with E-state index in [4.69, 9.17) is 28.3 Å². The Morgan fingerprint density at radius 3 is 2.71 bits per heavy atom. The molecule has 0 saturated heterocycles. The molecule has 1 aromatic heterocycles. The van der Waals surface area contributed by atoms with Crippen LogP contribution in [0.4, 0.5) is 0 Å². The van der Waals surface area contributed by atoms with Gasteiger partial charge in [-0.2, -0.15) is 0 Å². The lowest BCUT2D eigenvalue weighted by atomic mass is 10.2. The number of aromatic nitrogens is 1. The predicted octanol–water partition coefficient (Wildman–Crippen LogP) is 4.11. The summed E-state index contributed by atoms with van der Waals surface area (Å²) >= 11 is 12.1. The second kappa shape index (κ2) is 5.76. The Bertz CT molecular complexity index is 507. The van der Waals surface area contributed by atoms with Crippen molar-refractivity contribution in [1.82, 2.24) is 4.57 Å². The molecule has 0 radical (unpaired) electrons. The average molecular weight is 272 g/mol. The van der Waals surface area contributed by atoms with Gasteiger partial charge in [0.15, 0.2) is 0 Å². The van der Waals surface area contributed by atoms with Crippen molar-refractivity contribution in [3.05, 3.63) is 34.4 Å². The molecule has 0 atom stereocenters. The highest BCUT2D eigenvalue weighted by atomic mass is 35.5. The Morgan fingerprint density at radius 1 is 1.12 bits per heavy atom. The summed E-state index contributed by atoms with van der Waals surface area (Å²) in [5.41, 5.74) is 1.08. The van der Waals surface area contributed by atoms with Gasteiger partial charge in [0.05, 0.1) is 10.5 Å². The molecule has 0 saturated carbocycles. The van der Waals surface area contributed by atoms with Gasteiger partial charge in [-0.15, -0.1) is 0 Å². The number of hydrogen-bond acceptors (Lipinski definition) is 1. The molecule has 0 fully saturated rings. The lowest BCUT2D eigenvalue weighted by molar-refractivity contribution is 0.282. The molecule has 1 N–H and O–H groups in total. The van der Waals surface area contributed by atoms with Crippen molar-refractivity contribution in [2.24, 2.45) is 0 Å². The molecule has 0 amide bonds. The Kier molecular flexibility index (Phi) is 4.32. The van der Waals surface area contributed by atoms with Crippen LogP contribution in [0.15, 0.2) is 24.4 Å². The molecule has 0 bridgehead atoms. The number of aliphatic hydroxyl groups excluding tert-OH is 1. The van der Waals surface area contributed by atoms with Crippen LogP contribution in [0.2, 0.25) is 10.0 Å². The number of aryl methyl sites for hydroxylation is 1. The first-order valence-electron chi connectivity index (χ1n) is 5.77. The minimum Gasteiger partial charge on any atom is -0.396 e. The van der Waals surface area contributed by atoms with Gasteiger partial charge in [-0.1, -0.05) is 23.2 Å². The minimum absolute atomic E-state index is 0.268. The molecule has 2 aromatic rings. The fraction of sp³-hybridized carbons (Fsp3) is 0.385. The Labute approximate surface area is 111 Å². The van der Waals surface area contributed by atoms with Crippen molar-refractivity contribution in [1.29, 1.82) is 0 Å². The summed E-state index contributed by atoms with van der Waals surface area (Å²) in [6, 6.07) is 5.72. The number of benzene rings is 1. The van der Waals surface area contributed by atoms with Crippen LogP contribution < -0.4 is 0 Å². The van der Waals surface area contributed by atoms with Crippen molar-refractivity contribution >= 4 is 34.1 Å². The van der Waals surface area contributed by atoms with Crippen LogP contribution in [0.25, 0.3) is 10.9 Å². The third kappa shape index (κ3) is 2.95. The van der Waals surface area contributed by atoms with Gasteiger partial charge in [0, 0.05) is 29.8 Å². The zero-order chi connectivity index (χ0) is 12.3. The van der Waals surface area contributed by atoms with E-state index in [1.165, 1.54) is 0 Å². The highest BCUT2D eigenvalue weighted by Crippen LogP contribution is 2.28. The van der Waals surface area contributed by atoms with Crippen molar-refractivity contribution in [2.45, 2.75) is 25.8 Å². The number of hydrogen-bond donors (Lipinski definition) is 1. The second-order valence-corrected chi connectivity index (χ2v) is 4.96. The molecule has 0 spiro atoms. The van der Waals surface area contributed by atoms with Crippen molar-refractivity contribution in [3.8, 4) is 0 Å². The van der Waals surface area contributed by atoms with E-state index in [0.717, 1.165) is 36.7 Å². The molecule has 0 aliphatic rings. The number of rotatable bonds is 5. The third-order valence-electron chi connectivity index (χ3n) is 2.86. The van der Waals surface area contributed by atoms with Gasteiger partial charge < -0.3 is 9.67 Å². The van der Waals surface area contributed by atoms with Gasteiger partial charge in [0.1, 0.15) is 0 Å². The van der Waals surface area contributed by atoms with Crippen LogP contribution >= 0.6 is 23.2 Å². The predicted molar refractivity (Wildman–Crippen MR) is 72.9 cm³/mol. The molecule has 17 heavy (non-hydrogen) atoms. The quantitative estimate of drug-likeness (QED) is 0.814. The van der Waals surface area contributed by atoms with Crippen LogP contribution in [0, 0.1) is 0 Å². The first kappa shape index (κ1) is 12.7. The maximum atomic E-state index is 8.73. The first-order chi connectivity index (χ1) is 8.22. The van der Waals surface area contributed by atoms with Gasteiger partial charge in [-0.25, -0.2) is 0 Å². The van der Waals surface area contributed by atoms with Gasteiger partial charge in [0.25, 0.3) is 0 Å². The summed E-state index contributed by atoms with van der Waals surface area (Å²) < 4.78 is 2.16. The molecule has 1 heterocycles. The highest BCUT2D eigenvalue weighted by Gasteiger charge is 2.06. The maximum Gasteiger partial charge on any atom is 0.0514 e. The number of nitrogens with zero attached hydrogens (tertiary/aromatic N) is 1. The number of fused-ring (bicyclic) bond motifs is 1. The molecule has 2 rings (SSSR count). The standard InChI is InChI=1S/C13H15Cl2NO/c14-10-8-12(15)11-4-6-16(13(11)9-10)5-2-1-3-7-17/h4,6,8-9,17H,1-3,5,7H2. The molecule has 0 aliphatic carbocycles. The lowest BCUT2D eigenvalue weighted by Gasteiger charge is -2.06. The minimum atomic E-state index is 0.268. The van der Waals surface area contributed by atoms with E-state index in [1.54, 1.807) is 6.07 Å². The topological polar surface area (TPSA) is 25.2 Å². The summed E-state index contributed by atoms with van der Waals surface area (Å²) in [5.74, 6) is 0. The molecule has 2 nitrogen and oxygen atoms in total. The van der Waals surface area contributed by atoms with Crippen LogP contribution in [-0.4, -0.2) is 16.3 Å². The van der Waals surface area contributed by atoms with Crippen LogP contribution in [-0.2, 0) is 6.54 Å². The highest BCUT2D eigenvalue weighted by molar-refractivity contribution is 6.38. The van der Waals surface area contributed by atoms with Crippen molar-refractivity contribution in [3.63, 3.8) is 0 Å².